The molecule has 0 rings (SSSR count). The van der Waals surface area contributed by atoms with Crippen LogP contribution in [0.25, 0.3) is 0 Å². The van der Waals surface area contributed by atoms with E-state index in [1.54, 1.807) is 0 Å². The van der Waals surface area contributed by atoms with Crippen LogP contribution < -0.4 is 0 Å². The zero-order valence-electron chi connectivity index (χ0n) is 3.99. The summed E-state index contributed by atoms with van der Waals surface area (Å²) in [5.74, 6) is 0. The molecule has 10 heteroatoms. The number of hydrogen-bond donors (Lipinski definition) is 0. The third-order valence-corrected chi connectivity index (χ3v) is 0. The molecule has 0 aliphatic carbocycles. The van der Waals surface area contributed by atoms with Gasteiger partial charge in [-0.15, -0.1) is 0 Å². The smallest absolute Gasteiger partial charge is 0.356 e. The van der Waals surface area contributed by atoms with E-state index in [1.165, 1.54) is 0 Å². The molecule has 0 heterocycles. The van der Waals surface area contributed by atoms with Crippen LogP contribution in [0.4, 0.5) is 0 Å². The average molecular weight is 242 g/mol. The second-order valence-corrected chi connectivity index (χ2v) is 0.447. The van der Waals surface area contributed by atoms with E-state index >= 15 is 0 Å². The summed E-state index contributed by atoms with van der Waals surface area (Å²) in [5.41, 5.74) is 0. The zero-order valence-corrected chi connectivity index (χ0v) is 6.02. The molecular weight excluding hydrogens is 242 g/mol. The summed E-state index contributed by atoms with van der Waals surface area (Å²) in [5, 5.41) is 29.5. The van der Waals surface area contributed by atoms with Crippen molar-refractivity contribution in [2.75, 3.05) is 0 Å². The normalized spacial score (nSPS) is 4.80. The van der Waals surface area contributed by atoms with Gasteiger partial charge in [0.05, 0.1) is 10.2 Å². The van der Waals surface area contributed by atoms with Crippen LogP contribution in [0.15, 0.2) is 0 Å². The van der Waals surface area contributed by atoms with Gasteiger partial charge in [0.15, 0.2) is 0 Å². The molecule has 0 saturated carbocycles. The molecule has 0 aromatic heterocycles. The van der Waals surface area contributed by atoms with Crippen molar-refractivity contribution in [2.24, 2.45) is 0 Å². The number of rotatable bonds is 0. The Morgan fingerprint density at radius 2 is 0.800 bits per heavy atom. The maximum atomic E-state index is 8.25. The molecule has 0 saturated heterocycles. The Morgan fingerprint density at radius 1 is 0.800 bits per heavy atom. The van der Waals surface area contributed by atoms with Gasteiger partial charge in [-0.1, -0.05) is 0 Å². The minimum absolute atomic E-state index is 0. The Morgan fingerprint density at radius 3 is 0.800 bits per heavy atom. The molecule has 0 aromatic rings. The van der Waals surface area contributed by atoms with Crippen molar-refractivity contribution in [3.63, 3.8) is 0 Å². The summed E-state index contributed by atoms with van der Waals surface area (Å²) >= 11 is 0. The summed E-state index contributed by atoms with van der Waals surface area (Å²) in [7, 11) is 0. The first-order chi connectivity index (χ1) is 3.46. The van der Waals surface area contributed by atoms with E-state index in [9.17, 15) is 0 Å². The first-order valence-corrected chi connectivity index (χ1v) is 1.10. The topological polar surface area (TPSA) is 132 Å². The fourth-order valence-corrected chi connectivity index (χ4v) is 0. The Labute approximate surface area is 74.5 Å². The van der Waals surface area contributed by atoms with Crippen LogP contribution in [0.3, 0.4) is 0 Å². The fraction of sp³-hybridized carbons (Fsp3) is 0. The monoisotopic (exact) mass is 241 g/mol. The third kappa shape index (κ3) is 842. The van der Waals surface area contributed by atoms with E-state index in [-0.39, 0.29) is 33.3 Å². The Bertz CT molecular complexity index is 73.7. The second-order valence-electron chi connectivity index (χ2n) is 0.447. The molecule has 10 heavy (non-hydrogen) atoms. The summed E-state index contributed by atoms with van der Waals surface area (Å²) in [6.07, 6.45) is 0. The van der Waals surface area contributed by atoms with Gasteiger partial charge in [0.25, 0.3) is 0 Å². The zero-order chi connectivity index (χ0) is 7.15. The SMILES string of the molecule is O=[N+]([O-])[O-].O=[N+]([O-])[O-].[Co].[Ni+2]. The first-order valence-electron chi connectivity index (χ1n) is 1.10. The molecule has 0 aliphatic rings. The largest absolute Gasteiger partial charge is 2.00 e. The quantitative estimate of drug-likeness (QED) is 0.319. The molecule has 0 fully saturated rings. The van der Waals surface area contributed by atoms with E-state index in [4.69, 9.17) is 30.6 Å². The summed E-state index contributed by atoms with van der Waals surface area (Å²) in [6, 6.07) is 0. The van der Waals surface area contributed by atoms with Crippen LogP contribution in [-0.2, 0) is 33.3 Å². The summed E-state index contributed by atoms with van der Waals surface area (Å²) in [6.45, 7) is 0. The summed E-state index contributed by atoms with van der Waals surface area (Å²) in [4.78, 5) is 16.5. The van der Waals surface area contributed by atoms with Crippen LogP contribution >= 0.6 is 0 Å². The standard InChI is InChI=1S/Co.2NO3.Ni/c;2*2-1(3)4;/q;2*-1;+2. The maximum absolute atomic E-state index is 8.25. The molecule has 0 N–H and O–H groups in total. The van der Waals surface area contributed by atoms with Crippen molar-refractivity contribution >= 4 is 0 Å². The van der Waals surface area contributed by atoms with E-state index in [2.05, 4.69) is 0 Å². The minimum Gasteiger partial charge on any atom is -0.356 e. The second kappa shape index (κ2) is 15.8. The molecule has 0 unspecified atom stereocenters. The molecule has 0 aromatic carbocycles. The first kappa shape index (κ1) is 22.7. The molecule has 0 atom stereocenters. The van der Waals surface area contributed by atoms with Gasteiger partial charge < -0.3 is 30.6 Å². The summed E-state index contributed by atoms with van der Waals surface area (Å²) < 4.78 is 0. The average Bonchev–Trinajstić information content (AvgIpc) is 1.25. The molecule has 8 nitrogen and oxygen atoms in total. The van der Waals surface area contributed by atoms with Gasteiger partial charge in [-0.3, -0.25) is 0 Å². The van der Waals surface area contributed by atoms with Gasteiger partial charge in [-0.2, -0.15) is 0 Å². The Hall–Kier alpha value is -0.600. The number of hydrogen-bond acceptors (Lipinski definition) is 6. The van der Waals surface area contributed by atoms with Crippen LogP contribution in [-0.4, -0.2) is 10.2 Å². The predicted octanol–water partition coefficient (Wildman–Crippen LogP) is -0.483. The van der Waals surface area contributed by atoms with E-state index in [0.29, 0.717) is 0 Å². The molecule has 1 radical (unpaired) electrons. The molecule has 0 spiro atoms. The predicted molar refractivity (Wildman–Crippen MR) is 20.7 cm³/mol. The van der Waals surface area contributed by atoms with Gasteiger partial charge in [0, 0.05) is 16.8 Å². The third-order valence-electron chi connectivity index (χ3n) is 0. The van der Waals surface area contributed by atoms with Crippen LogP contribution in [0, 0.1) is 30.6 Å². The van der Waals surface area contributed by atoms with Gasteiger partial charge in [0.2, 0.25) is 0 Å². The van der Waals surface area contributed by atoms with Crippen LogP contribution in [0.5, 0.6) is 0 Å². The van der Waals surface area contributed by atoms with Crippen LogP contribution in [0.1, 0.15) is 0 Å². The van der Waals surface area contributed by atoms with E-state index < -0.39 is 10.2 Å². The fourth-order valence-electron chi connectivity index (χ4n) is 0. The van der Waals surface area contributed by atoms with E-state index in [0.717, 1.165) is 0 Å². The Balaban J connectivity index is -0.0000000300. The maximum Gasteiger partial charge on any atom is 2.00 e. The molecule has 0 bridgehead atoms. The van der Waals surface area contributed by atoms with Crippen molar-refractivity contribution in [1.29, 1.82) is 0 Å². The van der Waals surface area contributed by atoms with Gasteiger partial charge in [0.1, 0.15) is 0 Å². The molecule has 0 amide bonds. The van der Waals surface area contributed by atoms with Crippen molar-refractivity contribution in [3.8, 4) is 0 Å². The van der Waals surface area contributed by atoms with Crippen molar-refractivity contribution in [2.45, 2.75) is 0 Å². The van der Waals surface area contributed by atoms with Crippen molar-refractivity contribution < 1.29 is 43.4 Å². The minimum atomic E-state index is -1.75. The van der Waals surface area contributed by atoms with Crippen molar-refractivity contribution in [1.82, 2.24) is 0 Å². The van der Waals surface area contributed by atoms with Crippen molar-refractivity contribution in [3.05, 3.63) is 30.6 Å². The van der Waals surface area contributed by atoms with Gasteiger partial charge >= 0.3 is 16.5 Å². The van der Waals surface area contributed by atoms with Gasteiger partial charge in [-0.05, 0) is 0 Å². The molecular formula is CoN2NiO6. The van der Waals surface area contributed by atoms with Crippen LogP contribution in [0.2, 0.25) is 0 Å². The Kier molecular flexibility index (Phi) is 35.9. The molecule has 65 valence electrons. The number of nitrogens with zero attached hydrogens (tertiary/aromatic N) is 2. The van der Waals surface area contributed by atoms with E-state index in [1.807, 2.05) is 0 Å². The van der Waals surface area contributed by atoms with Gasteiger partial charge in [-0.25, -0.2) is 0 Å². The molecule has 0 aliphatic heterocycles.